The van der Waals surface area contributed by atoms with E-state index >= 15 is 0 Å². The lowest BCUT2D eigenvalue weighted by molar-refractivity contribution is 0.0958. The lowest BCUT2D eigenvalue weighted by Gasteiger charge is -2.03. The summed E-state index contributed by atoms with van der Waals surface area (Å²) in [5.41, 5.74) is 6.49. The molecule has 0 saturated carbocycles. The van der Waals surface area contributed by atoms with Crippen molar-refractivity contribution in [1.29, 1.82) is 0 Å². The molecule has 21 heavy (non-hydrogen) atoms. The van der Waals surface area contributed by atoms with Gasteiger partial charge in [-0.25, -0.2) is 0 Å². The Balaban J connectivity index is 1.75. The van der Waals surface area contributed by atoms with Crippen LogP contribution in [0.5, 0.6) is 0 Å². The van der Waals surface area contributed by atoms with Gasteiger partial charge in [0.1, 0.15) is 10.6 Å². The van der Waals surface area contributed by atoms with Crippen LogP contribution in [0.25, 0.3) is 10.1 Å². The Labute approximate surface area is 130 Å². The fourth-order valence-corrected chi connectivity index (χ4v) is 3.53. The number of thiophene rings is 1. The molecule has 0 spiro atoms. The number of halogens is 1. The van der Waals surface area contributed by atoms with Crippen molar-refractivity contribution in [2.75, 3.05) is 12.3 Å². The molecule has 0 bridgehead atoms. The van der Waals surface area contributed by atoms with E-state index in [4.69, 9.17) is 21.8 Å². The van der Waals surface area contributed by atoms with Gasteiger partial charge in [0.15, 0.2) is 0 Å². The Morgan fingerprint density at radius 3 is 2.90 bits per heavy atom. The van der Waals surface area contributed by atoms with Gasteiger partial charge in [0.05, 0.1) is 17.0 Å². The van der Waals surface area contributed by atoms with E-state index in [0.29, 0.717) is 28.6 Å². The maximum Gasteiger partial charge on any atom is 0.263 e. The van der Waals surface area contributed by atoms with Crippen molar-refractivity contribution in [3.05, 3.63) is 52.3 Å². The second kappa shape index (κ2) is 5.79. The quantitative estimate of drug-likeness (QED) is 0.770. The van der Waals surface area contributed by atoms with E-state index < -0.39 is 0 Å². The monoisotopic (exact) mass is 320 g/mol. The van der Waals surface area contributed by atoms with Crippen molar-refractivity contribution >= 4 is 44.6 Å². The van der Waals surface area contributed by atoms with Crippen LogP contribution in [0.2, 0.25) is 5.02 Å². The zero-order valence-electron chi connectivity index (χ0n) is 11.1. The Morgan fingerprint density at radius 2 is 2.19 bits per heavy atom. The summed E-state index contributed by atoms with van der Waals surface area (Å²) >= 11 is 7.48. The first kappa shape index (κ1) is 14.0. The highest BCUT2D eigenvalue weighted by Gasteiger charge is 2.17. The third-order valence-electron chi connectivity index (χ3n) is 3.14. The number of nitrogens with one attached hydrogen (secondary N) is 1. The van der Waals surface area contributed by atoms with Crippen LogP contribution in [-0.4, -0.2) is 12.5 Å². The highest BCUT2D eigenvalue weighted by atomic mass is 35.5. The van der Waals surface area contributed by atoms with Crippen molar-refractivity contribution in [1.82, 2.24) is 5.32 Å². The summed E-state index contributed by atoms with van der Waals surface area (Å²) in [5.74, 6) is 0.652. The van der Waals surface area contributed by atoms with Gasteiger partial charge in [-0.3, -0.25) is 4.79 Å². The molecule has 0 saturated heterocycles. The van der Waals surface area contributed by atoms with E-state index in [2.05, 4.69) is 5.32 Å². The lowest BCUT2D eigenvalue weighted by atomic mass is 10.2. The minimum Gasteiger partial charge on any atom is -0.469 e. The first-order valence-corrected chi connectivity index (χ1v) is 7.63. The maximum atomic E-state index is 12.2. The molecule has 4 nitrogen and oxygen atoms in total. The molecular formula is C15H13ClN2O2S. The molecule has 3 N–H and O–H groups in total. The third-order valence-corrected chi connectivity index (χ3v) is 4.63. The predicted octanol–water partition coefficient (Wildman–Crippen LogP) is 3.70. The minimum absolute atomic E-state index is 0.184. The summed E-state index contributed by atoms with van der Waals surface area (Å²) in [7, 11) is 0. The second-order valence-corrected chi connectivity index (χ2v) is 6.00. The van der Waals surface area contributed by atoms with Crippen LogP contribution < -0.4 is 11.1 Å². The first-order valence-electron chi connectivity index (χ1n) is 6.44. The summed E-state index contributed by atoms with van der Waals surface area (Å²) in [5, 5.41) is 4.16. The number of benzene rings is 1. The van der Waals surface area contributed by atoms with Crippen molar-refractivity contribution < 1.29 is 9.21 Å². The fraction of sp³-hybridized carbons (Fsp3) is 0.133. The number of amides is 1. The minimum atomic E-state index is -0.184. The number of nitrogen functional groups attached to an aromatic ring is 1. The third kappa shape index (κ3) is 2.75. The molecule has 0 radical (unpaired) electrons. The number of carbonyl (C=O) groups excluding carboxylic acids is 1. The number of hydrogen-bond acceptors (Lipinski definition) is 4. The Hall–Kier alpha value is -1.98. The van der Waals surface area contributed by atoms with E-state index in [1.807, 2.05) is 24.3 Å². The molecule has 0 unspecified atom stereocenters. The van der Waals surface area contributed by atoms with Crippen molar-refractivity contribution in [3.8, 4) is 0 Å². The van der Waals surface area contributed by atoms with Gasteiger partial charge in [-0.05, 0) is 24.3 Å². The van der Waals surface area contributed by atoms with Crippen LogP contribution in [0.1, 0.15) is 15.4 Å². The van der Waals surface area contributed by atoms with E-state index in [1.165, 1.54) is 11.3 Å². The SMILES string of the molecule is Nc1c(C(=O)NCCc2ccco2)sc2cccc(Cl)c12. The van der Waals surface area contributed by atoms with Crippen LogP contribution in [0.3, 0.4) is 0 Å². The van der Waals surface area contributed by atoms with E-state index in [0.717, 1.165) is 15.8 Å². The highest BCUT2D eigenvalue weighted by molar-refractivity contribution is 7.21. The molecule has 0 fully saturated rings. The smallest absolute Gasteiger partial charge is 0.263 e. The molecule has 0 atom stereocenters. The van der Waals surface area contributed by atoms with E-state index in [9.17, 15) is 4.79 Å². The summed E-state index contributed by atoms with van der Waals surface area (Å²) in [6, 6.07) is 9.22. The van der Waals surface area contributed by atoms with Crippen molar-refractivity contribution in [2.45, 2.75) is 6.42 Å². The first-order chi connectivity index (χ1) is 10.2. The topological polar surface area (TPSA) is 68.3 Å². The van der Waals surface area contributed by atoms with Gasteiger partial charge in [0.2, 0.25) is 0 Å². The van der Waals surface area contributed by atoms with Gasteiger partial charge >= 0.3 is 0 Å². The van der Waals surface area contributed by atoms with Gasteiger partial charge in [-0.15, -0.1) is 11.3 Å². The van der Waals surface area contributed by atoms with Gasteiger partial charge < -0.3 is 15.5 Å². The predicted molar refractivity (Wildman–Crippen MR) is 86.0 cm³/mol. The molecule has 3 rings (SSSR count). The summed E-state index contributed by atoms with van der Waals surface area (Å²) in [4.78, 5) is 12.7. The number of hydrogen-bond donors (Lipinski definition) is 2. The van der Waals surface area contributed by atoms with Crippen molar-refractivity contribution in [3.63, 3.8) is 0 Å². The van der Waals surface area contributed by atoms with Gasteiger partial charge in [-0.1, -0.05) is 17.7 Å². The molecule has 0 aliphatic heterocycles. The van der Waals surface area contributed by atoms with E-state index in [1.54, 1.807) is 12.3 Å². The summed E-state index contributed by atoms with van der Waals surface area (Å²) < 4.78 is 6.13. The zero-order chi connectivity index (χ0) is 14.8. The van der Waals surface area contributed by atoms with E-state index in [-0.39, 0.29) is 5.91 Å². The molecule has 1 aromatic carbocycles. The molecule has 6 heteroatoms. The number of anilines is 1. The maximum absolute atomic E-state index is 12.2. The average molecular weight is 321 g/mol. The van der Waals surface area contributed by atoms with Gasteiger partial charge in [0.25, 0.3) is 5.91 Å². The molecule has 2 heterocycles. The van der Waals surface area contributed by atoms with Gasteiger partial charge in [-0.2, -0.15) is 0 Å². The average Bonchev–Trinajstić information content (AvgIpc) is 3.08. The molecular weight excluding hydrogens is 308 g/mol. The lowest BCUT2D eigenvalue weighted by Crippen LogP contribution is -2.25. The Kier molecular flexibility index (Phi) is 3.86. The Morgan fingerprint density at radius 1 is 1.33 bits per heavy atom. The van der Waals surface area contributed by atoms with Crippen LogP contribution in [0.4, 0.5) is 5.69 Å². The standard InChI is InChI=1S/C15H13ClN2O2S/c16-10-4-1-5-11-12(10)13(17)14(21-11)15(19)18-7-6-9-3-2-8-20-9/h1-5,8H,6-7,17H2,(H,18,19). The van der Waals surface area contributed by atoms with Crippen molar-refractivity contribution in [2.24, 2.45) is 0 Å². The summed E-state index contributed by atoms with van der Waals surface area (Å²) in [6.07, 6.45) is 2.26. The fourth-order valence-electron chi connectivity index (χ4n) is 2.13. The molecule has 0 aliphatic rings. The summed E-state index contributed by atoms with van der Waals surface area (Å²) in [6.45, 7) is 0.494. The van der Waals surface area contributed by atoms with Crippen LogP contribution >= 0.6 is 22.9 Å². The molecule has 2 aromatic heterocycles. The number of fused-ring (bicyclic) bond motifs is 1. The van der Waals surface area contributed by atoms with Crippen LogP contribution in [-0.2, 0) is 6.42 Å². The Bertz CT molecular complexity index is 780. The number of nitrogens with two attached hydrogens (primary N) is 1. The van der Waals surface area contributed by atoms with Crippen LogP contribution in [0, 0.1) is 0 Å². The normalized spacial score (nSPS) is 10.9. The molecule has 1 amide bonds. The number of furan rings is 1. The van der Waals surface area contributed by atoms with Crippen LogP contribution in [0.15, 0.2) is 41.0 Å². The number of carbonyl (C=O) groups is 1. The van der Waals surface area contributed by atoms with Gasteiger partial charge in [0, 0.05) is 23.1 Å². The molecule has 3 aromatic rings. The highest BCUT2D eigenvalue weighted by Crippen LogP contribution is 2.37. The number of rotatable bonds is 4. The second-order valence-electron chi connectivity index (χ2n) is 4.54. The largest absolute Gasteiger partial charge is 0.469 e. The zero-order valence-corrected chi connectivity index (χ0v) is 12.6. The molecule has 108 valence electrons. The molecule has 0 aliphatic carbocycles.